The van der Waals surface area contributed by atoms with Crippen molar-refractivity contribution in [3.8, 4) is 23.3 Å². The maximum Gasteiger partial charge on any atom is 0.318 e. The lowest BCUT2D eigenvalue weighted by atomic mass is 10.1. The summed E-state index contributed by atoms with van der Waals surface area (Å²) in [6.45, 7) is 0. The van der Waals surface area contributed by atoms with Crippen LogP contribution >= 0.6 is 11.6 Å². The van der Waals surface area contributed by atoms with E-state index in [9.17, 15) is 40.4 Å². The Morgan fingerprint density at radius 3 is 2.21 bits per heavy atom. The van der Waals surface area contributed by atoms with Crippen LogP contribution < -0.4 is 14.8 Å². The molecular formula is C23H14ClN5O9. The molecule has 3 aromatic carbocycles. The van der Waals surface area contributed by atoms with E-state index in [2.05, 4.69) is 5.32 Å². The van der Waals surface area contributed by atoms with Gasteiger partial charge in [-0.15, -0.1) is 0 Å². The van der Waals surface area contributed by atoms with Gasteiger partial charge in [0.05, 0.1) is 27.9 Å². The van der Waals surface area contributed by atoms with Gasteiger partial charge in [0.2, 0.25) is 5.75 Å². The van der Waals surface area contributed by atoms with Crippen LogP contribution in [0.5, 0.6) is 17.2 Å². The average Bonchev–Trinajstić information content (AvgIpc) is 2.88. The number of halogens is 1. The number of carbonyl (C=O) groups excluding carboxylic acids is 1. The molecule has 0 fully saturated rings. The number of nitro groups is 3. The first-order valence-electron chi connectivity index (χ1n) is 10.2. The van der Waals surface area contributed by atoms with Crippen LogP contribution in [-0.2, 0) is 4.79 Å². The number of methoxy groups -OCH3 is 1. The number of nitrogens with one attached hydrogen (secondary N) is 1. The normalized spacial score (nSPS) is 10.7. The molecule has 0 heterocycles. The molecule has 0 aliphatic rings. The quantitative estimate of drug-likeness (QED) is 0.158. The Labute approximate surface area is 217 Å². The fourth-order valence-electron chi connectivity index (χ4n) is 3.10. The highest BCUT2D eigenvalue weighted by molar-refractivity contribution is 6.31. The maximum atomic E-state index is 12.7. The van der Waals surface area contributed by atoms with Gasteiger partial charge in [-0.3, -0.25) is 35.1 Å². The summed E-state index contributed by atoms with van der Waals surface area (Å²) in [5, 5.41) is 45.5. The van der Waals surface area contributed by atoms with E-state index < -0.39 is 43.3 Å². The van der Waals surface area contributed by atoms with Gasteiger partial charge in [-0.05, 0) is 42.0 Å². The van der Waals surface area contributed by atoms with E-state index in [4.69, 9.17) is 21.1 Å². The van der Waals surface area contributed by atoms with Crippen molar-refractivity contribution in [2.45, 2.75) is 0 Å². The van der Waals surface area contributed by atoms with Crippen molar-refractivity contribution < 1.29 is 29.0 Å². The number of amides is 1. The standard InChI is InChI=1S/C23H14ClN5O9/c1-37-21-6-2-13(9-22(21)38-20-7-4-16(27(31)32)11-19(20)29(35)36)8-14(12-25)23(30)26-17-5-3-15(24)10-18(17)28(33)34/h2-11H,1H3,(H,26,30)/b14-8+. The third kappa shape index (κ3) is 6.17. The fourth-order valence-corrected chi connectivity index (χ4v) is 3.26. The average molecular weight is 540 g/mol. The topological polar surface area (TPSA) is 201 Å². The Bertz CT molecular complexity index is 1550. The summed E-state index contributed by atoms with van der Waals surface area (Å²) in [5.41, 5.74) is -2.07. The van der Waals surface area contributed by atoms with Gasteiger partial charge in [0.15, 0.2) is 11.5 Å². The van der Waals surface area contributed by atoms with E-state index in [1.54, 1.807) is 6.07 Å². The molecule has 3 rings (SSSR count). The number of non-ortho nitro benzene ring substituents is 1. The van der Waals surface area contributed by atoms with E-state index in [1.807, 2.05) is 0 Å². The molecule has 0 saturated heterocycles. The molecule has 14 nitrogen and oxygen atoms in total. The van der Waals surface area contributed by atoms with Gasteiger partial charge in [0.25, 0.3) is 17.3 Å². The molecule has 1 amide bonds. The van der Waals surface area contributed by atoms with Crippen LogP contribution in [0.4, 0.5) is 22.7 Å². The van der Waals surface area contributed by atoms with Gasteiger partial charge >= 0.3 is 5.69 Å². The van der Waals surface area contributed by atoms with Crippen LogP contribution in [0.15, 0.2) is 60.2 Å². The first-order chi connectivity index (χ1) is 18.0. The molecule has 0 bridgehead atoms. The molecular weight excluding hydrogens is 526 g/mol. The van der Waals surface area contributed by atoms with E-state index in [-0.39, 0.29) is 33.5 Å². The first-order valence-corrected chi connectivity index (χ1v) is 10.6. The number of nitrogens with zero attached hydrogens (tertiary/aromatic N) is 4. The largest absolute Gasteiger partial charge is 0.493 e. The lowest BCUT2D eigenvalue weighted by Gasteiger charge is -2.11. The fraction of sp³-hybridized carbons (Fsp3) is 0.0435. The lowest BCUT2D eigenvalue weighted by molar-refractivity contribution is -0.394. The molecule has 0 aliphatic carbocycles. The SMILES string of the molecule is COc1ccc(/C=C(\C#N)C(=O)Nc2ccc(Cl)cc2[N+](=O)[O-])cc1Oc1ccc([N+](=O)[O-])cc1[N+](=O)[O-]. The molecule has 38 heavy (non-hydrogen) atoms. The zero-order chi connectivity index (χ0) is 28.0. The molecule has 0 radical (unpaired) electrons. The number of carbonyl (C=O) groups is 1. The van der Waals surface area contributed by atoms with Crippen LogP contribution in [0.2, 0.25) is 5.02 Å². The van der Waals surface area contributed by atoms with Crippen LogP contribution in [0.3, 0.4) is 0 Å². The highest BCUT2D eigenvalue weighted by atomic mass is 35.5. The molecule has 0 unspecified atom stereocenters. The summed E-state index contributed by atoms with van der Waals surface area (Å²) >= 11 is 5.77. The number of benzene rings is 3. The van der Waals surface area contributed by atoms with Crippen molar-refractivity contribution in [3.05, 3.63) is 101 Å². The Morgan fingerprint density at radius 2 is 1.61 bits per heavy atom. The minimum Gasteiger partial charge on any atom is -0.493 e. The van der Waals surface area contributed by atoms with Gasteiger partial charge in [-0.2, -0.15) is 5.26 Å². The van der Waals surface area contributed by atoms with Gasteiger partial charge in [-0.25, -0.2) is 0 Å². The minimum atomic E-state index is -0.956. The van der Waals surface area contributed by atoms with Crippen molar-refractivity contribution in [3.63, 3.8) is 0 Å². The second kappa shape index (κ2) is 11.5. The Hall–Kier alpha value is -5.55. The monoisotopic (exact) mass is 539 g/mol. The molecule has 0 saturated carbocycles. The molecule has 0 atom stereocenters. The number of ether oxygens (including phenoxy) is 2. The zero-order valence-corrected chi connectivity index (χ0v) is 19.9. The van der Waals surface area contributed by atoms with Crippen molar-refractivity contribution >= 4 is 46.3 Å². The van der Waals surface area contributed by atoms with Crippen LogP contribution in [-0.4, -0.2) is 27.8 Å². The molecule has 0 aromatic heterocycles. The van der Waals surface area contributed by atoms with E-state index in [0.717, 1.165) is 30.3 Å². The highest BCUT2D eigenvalue weighted by Crippen LogP contribution is 2.39. The molecule has 15 heteroatoms. The molecule has 192 valence electrons. The number of hydrogen-bond donors (Lipinski definition) is 1. The molecule has 0 spiro atoms. The minimum absolute atomic E-state index is 0.0655. The number of anilines is 1. The Kier molecular flexibility index (Phi) is 8.15. The van der Waals surface area contributed by atoms with Gasteiger partial charge in [-0.1, -0.05) is 17.7 Å². The van der Waals surface area contributed by atoms with E-state index in [1.165, 1.54) is 37.4 Å². The van der Waals surface area contributed by atoms with Gasteiger partial charge in [0, 0.05) is 17.2 Å². The second-order valence-electron chi connectivity index (χ2n) is 7.22. The summed E-state index contributed by atoms with van der Waals surface area (Å²) in [4.78, 5) is 43.9. The summed E-state index contributed by atoms with van der Waals surface area (Å²) < 4.78 is 10.8. The summed E-state index contributed by atoms with van der Waals surface area (Å²) in [5.74, 6) is -1.23. The van der Waals surface area contributed by atoms with Crippen molar-refractivity contribution in [1.29, 1.82) is 5.26 Å². The Morgan fingerprint density at radius 1 is 0.921 bits per heavy atom. The number of nitriles is 1. The van der Waals surface area contributed by atoms with Gasteiger partial charge < -0.3 is 14.8 Å². The molecule has 3 aromatic rings. The van der Waals surface area contributed by atoms with Crippen LogP contribution in [0.1, 0.15) is 5.56 Å². The predicted octanol–water partition coefficient (Wildman–Crippen LogP) is 5.41. The third-order valence-electron chi connectivity index (χ3n) is 4.84. The van der Waals surface area contributed by atoms with Crippen LogP contribution in [0.25, 0.3) is 6.08 Å². The zero-order valence-electron chi connectivity index (χ0n) is 19.1. The summed E-state index contributed by atoms with van der Waals surface area (Å²) in [7, 11) is 1.30. The Balaban J connectivity index is 1.96. The highest BCUT2D eigenvalue weighted by Gasteiger charge is 2.23. The summed E-state index contributed by atoms with van der Waals surface area (Å²) in [6, 6.07) is 12.2. The van der Waals surface area contributed by atoms with Crippen molar-refractivity contribution in [2.24, 2.45) is 0 Å². The number of rotatable bonds is 9. The maximum absolute atomic E-state index is 12.7. The number of nitro benzene ring substituents is 3. The van der Waals surface area contributed by atoms with Gasteiger partial charge in [0.1, 0.15) is 17.3 Å². The number of hydrogen-bond acceptors (Lipinski definition) is 10. The second-order valence-corrected chi connectivity index (χ2v) is 7.66. The lowest BCUT2D eigenvalue weighted by Crippen LogP contribution is -2.14. The van der Waals surface area contributed by atoms with Crippen LogP contribution in [0, 0.1) is 41.7 Å². The smallest absolute Gasteiger partial charge is 0.318 e. The first kappa shape index (κ1) is 27.0. The molecule has 0 aliphatic heterocycles. The molecule has 1 N–H and O–H groups in total. The third-order valence-corrected chi connectivity index (χ3v) is 5.07. The van der Waals surface area contributed by atoms with Crippen molar-refractivity contribution in [2.75, 3.05) is 12.4 Å². The van der Waals surface area contributed by atoms with Crippen molar-refractivity contribution in [1.82, 2.24) is 0 Å². The summed E-state index contributed by atoms with van der Waals surface area (Å²) in [6.07, 6.45) is 1.15. The predicted molar refractivity (Wildman–Crippen MR) is 133 cm³/mol. The van der Waals surface area contributed by atoms with E-state index in [0.29, 0.717) is 0 Å². The van der Waals surface area contributed by atoms with E-state index >= 15 is 0 Å².